The number of rotatable bonds is 14. The van der Waals surface area contributed by atoms with Gasteiger partial charge in [-0.1, -0.05) is 53.2 Å². The molecule has 4 saturated carbocycles. The van der Waals surface area contributed by atoms with E-state index in [0.29, 0.717) is 57.8 Å². The highest BCUT2D eigenvalue weighted by molar-refractivity contribution is 5.79. The van der Waals surface area contributed by atoms with E-state index in [1.54, 1.807) is 0 Å². The van der Waals surface area contributed by atoms with E-state index in [1.165, 1.54) is 12.5 Å². The molecular formula is C59H96O27. The summed E-state index contributed by atoms with van der Waals surface area (Å²) in [4.78, 5) is 15.1. The summed E-state index contributed by atoms with van der Waals surface area (Å²) in [6.07, 6.45) is -31.4. The molecule has 0 spiro atoms. The van der Waals surface area contributed by atoms with E-state index in [9.17, 15) is 81.7 Å². The largest absolute Gasteiger partial charge is 0.432 e. The highest BCUT2D eigenvalue weighted by Gasteiger charge is 2.71. The molecule has 0 aromatic carbocycles. The Hall–Kier alpha value is -1.79. The van der Waals surface area contributed by atoms with Gasteiger partial charge in [0.05, 0.1) is 50.7 Å². The first kappa shape index (κ1) is 67.1. The zero-order chi connectivity index (χ0) is 62.7. The van der Waals surface area contributed by atoms with E-state index in [4.69, 9.17) is 47.4 Å². The Labute approximate surface area is 499 Å². The fourth-order valence-electron chi connectivity index (χ4n) is 17.6. The minimum absolute atomic E-state index is 0.0885. The van der Waals surface area contributed by atoms with E-state index in [1.807, 2.05) is 6.92 Å². The minimum Gasteiger partial charge on any atom is -0.432 e. The SMILES string of the molecule is C[C@@H]1O[C@@H](O[C@H]2[C@H](O[C@H]3CC[C@@]4(C)[C@@H](CCC5(C)[C@@H]4CC=C4[C@@H]6CC(C)(C)CCC6(C(=O)O[C@@H]6O[C@H](CO[C@@H]7O[C@H](CO)[C@@H](O)[C@H](O)[C@H]7O)[C@@H](O)[C@H](O)[C@H]6O)CCC45C)[C@]3(C)CO)OC[C@H](O)[C@@H]2O)[C@H](O)[C@H](O[C@@H]2O[C@H](CO)[C@@H](O)[C@H](O)[C@H]2O)[C@H]1O. The van der Waals surface area contributed by atoms with Crippen LogP contribution in [0.4, 0.5) is 0 Å². The number of aliphatic hydroxyl groups excluding tert-OH is 16. The lowest BCUT2D eigenvalue weighted by atomic mass is 9.33. The lowest BCUT2D eigenvalue weighted by Gasteiger charge is -2.71. The van der Waals surface area contributed by atoms with Crippen LogP contribution >= 0.6 is 0 Å². The van der Waals surface area contributed by atoms with Crippen LogP contribution in [-0.4, -0.2) is 274 Å². The molecule has 86 heavy (non-hydrogen) atoms. The van der Waals surface area contributed by atoms with Crippen molar-refractivity contribution in [3.63, 3.8) is 0 Å². The fourth-order valence-corrected chi connectivity index (χ4v) is 17.6. The van der Waals surface area contributed by atoms with Gasteiger partial charge in [0.25, 0.3) is 0 Å². The maximum Gasteiger partial charge on any atom is 0.315 e. The summed E-state index contributed by atoms with van der Waals surface area (Å²) in [5, 5.41) is 172. The van der Waals surface area contributed by atoms with Crippen LogP contribution in [0.5, 0.6) is 0 Å². The molecule has 0 aromatic rings. The van der Waals surface area contributed by atoms with Crippen LogP contribution < -0.4 is 0 Å². The summed E-state index contributed by atoms with van der Waals surface area (Å²) < 4.78 is 59.5. The first-order valence-electron chi connectivity index (χ1n) is 30.8. The second kappa shape index (κ2) is 24.9. The molecule has 3 unspecified atom stereocenters. The Morgan fingerprint density at radius 3 is 1.77 bits per heavy atom. The Balaban J connectivity index is 0.849. The van der Waals surface area contributed by atoms with Gasteiger partial charge < -0.3 is 129 Å². The molecule has 0 aromatic heterocycles. The van der Waals surface area contributed by atoms with Gasteiger partial charge in [0.2, 0.25) is 6.29 Å². The molecule has 5 saturated heterocycles. The Morgan fingerprint density at radius 2 is 1.13 bits per heavy atom. The number of fused-ring (bicyclic) bond motifs is 7. The first-order valence-corrected chi connectivity index (χ1v) is 30.8. The second-order valence-electron chi connectivity index (χ2n) is 28.5. The smallest absolute Gasteiger partial charge is 0.315 e. The van der Waals surface area contributed by atoms with E-state index in [-0.39, 0.29) is 47.2 Å². The molecule has 5 aliphatic heterocycles. The number of ether oxygens (including phenoxy) is 10. The molecule has 16 N–H and O–H groups in total. The Morgan fingerprint density at radius 1 is 0.558 bits per heavy atom. The van der Waals surface area contributed by atoms with Crippen molar-refractivity contribution in [3.8, 4) is 0 Å². The first-order chi connectivity index (χ1) is 40.4. The monoisotopic (exact) mass is 1240 g/mol. The van der Waals surface area contributed by atoms with Gasteiger partial charge in [-0.2, -0.15) is 0 Å². The summed E-state index contributed by atoms with van der Waals surface area (Å²) in [5.74, 6) is -0.929. The van der Waals surface area contributed by atoms with Gasteiger partial charge in [0.1, 0.15) is 110 Å². The van der Waals surface area contributed by atoms with E-state index in [0.717, 1.165) is 6.42 Å². The molecule has 0 amide bonds. The molecule has 0 bridgehead atoms. The van der Waals surface area contributed by atoms with Gasteiger partial charge in [0.15, 0.2) is 25.2 Å². The predicted octanol–water partition coefficient (Wildman–Crippen LogP) is -3.57. The predicted molar refractivity (Wildman–Crippen MR) is 289 cm³/mol. The number of hydrogen-bond acceptors (Lipinski definition) is 27. The van der Waals surface area contributed by atoms with Crippen molar-refractivity contribution in [2.75, 3.05) is 33.0 Å². The molecule has 0 radical (unpaired) electrons. The highest BCUT2D eigenvalue weighted by Crippen LogP contribution is 2.76. The third-order valence-corrected chi connectivity index (χ3v) is 23.2. The third-order valence-electron chi connectivity index (χ3n) is 23.2. The van der Waals surface area contributed by atoms with Gasteiger partial charge in [-0.05, 0) is 111 Å². The molecule has 9 fully saturated rings. The summed E-state index contributed by atoms with van der Waals surface area (Å²) >= 11 is 0. The zero-order valence-electron chi connectivity index (χ0n) is 50.0. The van der Waals surface area contributed by atoms with Crippen LogP contribution in [0.25, 0.3) is 0 Å². The quantitative estimate of drug-likeness (QED) is 0.0454. The molecule has 494 valence electrons. The van der Waals surface area contributed by atoms with E-state index < -0.39 is 196 Å². The highest BCUT2D eigenvalue weighted by atomic mass is 16.8. The topological polar surface area (TPSA) is 433 Å². The summed E-state index contributed by atoms with van der Waals surface area (Å²) in [6, 6.07) is 0. The van der Waals surface area contributed by atoms with Crippen molar-refractivity contribution in [2.24, 2.45) is 50.2 Å². The normalized spacial score (nSPS) is 54.8. The number of esters is 1. The Bertz CT molecular complexity index is 2380. The second-order valence-corrected chi connectivity index (χ2v) is 28.5. The van der Waals surface area contributed by atoms with Crippen LogP contribution in [0.3, 0.4) is 0 Å². The van der Waals surface area contributed by atoms with Crippen LogP contribution in [0.15, 0.2) is 11.6 Å². The van der Waals surface area contributed by atoms with Crippen LogP contribution in [0.1, 0.15) is 113 Å². The number of aliphatic hydroxyl groups is 16. The van der Waals surface area contributed by atoms with Gasteiger partial charge in [-0.25, -0.2) is 0 Å². The number of carbonyl (C=O) groups excluding carboxylic acids is 1. The van der Waals surface area contributed by atoms with Gasteiger partial charge in [0, 0.05) is 5.41 Å². The van der Waals surface area contributed by atoms with Gasteiger partial charge >= 0.3 is 5.97 Å². The number of carbonyl (C=O) groups is 1. The lowest BCUT2D eigenvalue weighted by Crippen LogP contribution is -2.67. The van der Waals surface area contributed by atoms with Crippen LogP contribution in [-0.2, 0) is 52.2 Å². The van der Waals surface area contributed by atoms with Gasteiger partial charge in [-0.3, -0.25) is 4.79 Å². The average molecular weight is 1240 g/mol. The van der Waals surface area contributed by atoms with Crippen molar-refractivity contribution in [1.82, 2.24) is 0 Å². The summed E-state index contributed by atoms with van der Waals surface area (Å²) in [6.45, 7) is 12.1. The fraction of sp³-hybridized carbons (Fsp3) is 0.949. The van der Waals surface area contributed by atoms with E-state index >= 15 is 4.79 Å². The molecule has 5 heterocycles. The van der Waals surface area contributed by atoms with E-state index in [2.05, 4.69) is 40.7 Å². The van der Waals surface area contributed by atoms with Crippen molar-refractivity contribution in [1.29, 1.82) is 0 Å². The molecule has 27 heteroatoms. The molecule has 10 rings (SSSR count). The molecule has 10 aliphatic rings. The lowest BCUT2D eigenvalue weighted by molar-refractivity contribution is -0.383. The number of hydrogen-bond donors (Lipinski definition) is 16. The third kappa shape index (κ3) is 11.2. The molecule has 27 nitrogen and oxygen atoms in total. The van der Waals surface area contributed by atoms with Crippen molar-refractivity contribution in [2.45, 2.75) is 266 Å². The standard InChI is InChI=1S/C59H96O27/c1-24-34(64)46(84-49-43(73)40(70)37(67)29(20-61)81-49)45(75)51(79-24)85-47-35(65)27(63)21-77-52(47)83-33-11-12-55(4)31(56(33,5)23-62)10-13-58(7)32(55)9-8-25-26-18-54(2,3)14-16-59(26,17-15-57(25,58)6)53(76)86-50-44(74)41(71)38(68)30(82-50)22-78-48-42(72)39(69)36(66)28(19-60)80-48/h8,24,26-52,60-75H,9-23H2,1-7H3/t24-,26-,27-,28+,29+,30+,31+,32+,33-,34-,35-,36+,37+,38+,39-,40-,41-,42+,43+,44+,45+,46+,47+,48+,49-,50-,51-,52-,55-,56-,57?,58?,59?/m0/s1. The molecular weight excluding hydrogens is 1140 g/mol. The van der Waals surface area contributed by atoms with Crippen LogP contribution in [0.2, 0.25) is 0 Å². The van der Waals surface area contributed by atoms with Crippen LogP contribution in [0, 0.1) is 50.2 Å². The summed E-state index contributed by atoms with van der Waals surface area (Å²) in [7, 11) is 0. The summed E-state index contributed by atoms with van der Waals surface area (Å²) in [5.41, 5.74) is -2.07. The Kier molecular flexibility index (Phi) is 19.4. The van der Waals surface area contributed by atoms with Crippen molar-refractivity contribution < 1.29 is 134 Å². The van der Waals surface area contributed by atoms with Crippen molar-refractivity contribution >= 4 is 5.97 Å². The molecule has 5 aliphatic carbocycles. The zero-order valence-corrected chi connectivity index (χ0v) is 50.0. The number of allylic oxidation sites excluding steroid dienone is 2. The minimum atomic E-state index is -1.87. The molecule has 33 atom stereocenters. The van der Waals surface area contributed by atoms with Gasteiger partial charge in [-0.15, -0.1) is 0 Å². The maximum absolute atomic E-state index is 15.1. The van der Waals surface area contributed by atoms with Crippen molar-refractivity contribution in [3.05, 3.63) is 11.6 Å². The average Bonchev–Trinajstić information content (AvgIpc) is 0.689. The maximum atomic E-state index is 15.1.